The van der Waals surface area contributed by atoms with E-state index in [0.717, 1.165) is 16.8 Å². The van der Waals surface area contributed by atoms with Gasteiger partial charge in [-0.15, -0.1) is 0 Å². The molecule has 9 nitrogen and oxygen atoms in total. The van der Waals surface area contributed by atoms with Crippen LogP contribution in [0.2, 0.25) is 0 Å². The third kappa shape index (κ3) is 7.47. The number of carbonyl (C=O) groups is 3. The van der Waals surface area contributed by atoms with E-state index < -0.39 is 29.7 Å². The molecule has 1 aromatic heterocycles. The Hall–Kier alpha value is -4.12. The van der Waals surface area contributed by atoms with E-state index in [4.69, 9.17) is 4.74 Å². The molecule has 206 valence electrons. The smallest absolute Gasteiger partial charge is 0.412 e. The first-order chi connectivity index (χ1) is 18.8. The number of hydrogen-bond donors (Lipinski definition) is 2. The molecule has 0 unspecified atom stereocenters. The number of aryl methyl sites for hydroxylation is 1. The van der Waals surface area contributed by atoms with Crippen molar-refractivity contribution in [2.45, 2.75) is 25.3 Å². The lowest BCUT2D eigenvalue weighted by molar-refractivity contribution is -0.137. The van der Waals surface area contributed by atoms with Gasteiger partial charge in [0.05, 0.1) is 12.5 Å². The van der Waals surface area contributed by atoms with E-state index >= 15 is 0 Å². The summed E-state index contributed by atoms with van der Waals surface area (Å²) in [6.07, 6.45) is 0.675. The number of anilines is 1. The summed E-state index contributed by atoms with van der Waals surface area (Å²) in [5, 5.41) is 7.56. The number of aromatic nitrogens is 1. The number of nitrogens with one attached hydrogen (secondary N) is 2. The molecule has 3 aromatic rings. The maximum atomic E-state index is 14.0. The van der Waals surface area contributed by atoms with Gasteiger partial charge in [0, 0.05) is 51.2 Å². The third-order valence-electron chi connectivity index (χ3n) is 6.73. The van der Waals surface area contributed by atoms with E-state index in [2.05, 4.69) is 15.6 Å². The highest BCUT2D eigenvalue weighted by atomic mass is 19.2. The van der Waals surface area contributed by atoms with E-state index in [9.17, 15) is 23.2 Å². The van der Waals surface area contributed by atoms with Crippen molar-refractivity contribution in [1.29, 1.82) is 0 Å². The zero-order valence-corrected chi connectivity index (χ0v) is 21.7. The standard InChI is InChI=1S/C28H31F2N5O4/c1-34(25(36)10-9-19-7-4-8-23(29)27(19)30)22(16-26(37)35-13-11-31-12-14-35)18-39-28(38)33-24-15-20-5-2-3-6-21(20)17-32-24/h2-8,15,17,22,31H,9-14,16,18H2,1H3,(H,32,33,38)/t22-/m0/s1. The molecule has 0 aliphatic carbocycles. The lowest BCUT2D eigenvalue weighted by atomic mass is 10.1. The van der Waals surface area contributed by atoms with Crippen molar-refractivity contribution in [2.24, 2.45) is 0 Å². The molecule has 1 saturated heterocycles. The number of pyridine rings is 1. The number of benzene rings is 2. The number of hydrogen-bond acceptors (Lipinski definition) is 6. The maximum absolute atomic E-state index is 14.0. The van der Waals surface area contributed by atoms with Gasteiger partial charge in [-0.2, -0.15) is 0 Å². The second-order valence-electron chi connectivity index (χ2n) is 9.35. The Morgan fingerprint density at radius 2 is 1.85 bits per heavy atom. The van der Waals surface area contributed by atoms with Gasteiger partial charge >= 0.3 is 6.09 Å². The number of nitrogens with zero attached hydrogens (tertiary/aromatic N) is 3. The molecule has 2 aromatic carbocycles. The van der Waals surface area contributed by atoms with E-state index in [1.807, 2.05) is 24.3 Å². The minimum Gasteiger partial charge on any atom is -0.447 e. The number of piperazine rings is 1. The van der Waals surface area contributed by atoms with Crippen LogP contribution in [-0.2, 0) is 20.7 Å². The molecule has 0 bridgehead atoms. The highest BCUT2D eigenvalue weighted by molar-refractivity contribution is 5.89. The Morgan fingerprint density at radius 3 is 2.62 bits per heavy atom. The van der Waals surface area contributed by atoms with Crippen molar-refractivity contribution in [3.8, 4) is 0 Å². The van der Waals surface area contributed by atoms with E-state index in [-0.39, 0.29) is 37.3 Å². The lowest BCUT2D eigenvalue weighted by Gasteiger charge is -2.32. The van der Waals surface area contributed by atoms with Gasteiger partial charge in [-0.3, -0.25) is 14.9 Å². The van der Waals surface area contributed by atoms with Crippen LogP contribution in [0.5, 0.6) is 0 Å². The van der Waals surface area contributed by atoms with Crippen molar-refractivity contribution in [1.82, 2.24) is 20.1 Å². The summed E-state index contributed by atoms with van der Waals surface area (Å²) >= 11 is 0. The van der Waals surface area contributed by atoms with E-state index in [1.165, 1.54) is 24.1 Å². The molecule has 3 amide bonds. The van der Waals surface area contributed by atoms with Crippen LogP contribution < -0.4 is 10.6 Å². The van der Waals surface area contributed by atoms with Crippen LogP contribution in [0.1, 0.15) is 18.4 Å². The molecule has 0 saturated carbocycles. The Kier molecular flexibility index (Phi) is 9.37. The van der Waals surface area contributed by atoms with Crippen molar-refractivity contribution in [2.75, 3.05) is 45.2 Å². The van der Waals surface area contributed by atoms with Crippen molar-refractivity contribution < 1.29 is 27.9 Å². The number of amides is 3. The van der Waals surface area contributed by atoms with Crippen LogP contribution in [0.25, 0.3) is 10.8 Å². The van der Waals surface area contributed by atoms with Gasteiger partial charge in [-0.25, -0.2) is 18.6 Å². The molecule has 1 fully saturated rings. The zero-order chi connectivity index (χ0) is 27.8. The molecule has 0 radical (unpaired) electrons. The van der Waals surface area contributed by atoms with Crippen LogP contribution in [0.15, 0.2) is 54.7 Å². The lowest BCUT2D eigenvalue weighted by Crippen LogP contribution is -2.49. The first-order valence-electron chi connectivity index (χ1n) is 12.8. The highest BCUT2D eigenvalue weighted by Crippen LogP contribution is 2.17. The normalized spacial score (nSPS) is 14.1. The van der Waals surface area contributed by atoms with Crippen LogP contribution in [0.4, 0.5) is 19.4 Å². The molecule has 2 heterocycles. The summed E-state index contributed by atoms with van der Waals surface area (Å²) in [5.74, 6) is -2.22. The predicted octanol–water partition coefficient (Wildman–Crippen LogP) is 3.34. The average molecular weight is 540 g/mol. The highest BCUT2D eigenvalue weighted by Gasteiger charge is 2.27. The molecule has 39 heavy (non-hydrogen) atoms. The van der Waals surface area contributed by atoms with Gasteiger partial charge in [0.1, 0.15) is 12.4 Å². The van der Waals surface area contributed by atoms with E-state index in [1.54, 1.807) is 17.2 Å². The number of carbonyl (C=O) groups excluding carboxylic acids is 3. The van der Waals surface area contributed by atoms with E-state index in [0.29, 0.717) is 32.0 Å². The fourth-order valence-corrected chi connectivity index (χ4v) is 4.38. The first-order valence-corrected chi connectivity index (χ1v) is 12.8. The van der Waals surface area contributed by atoms with Crippen LogP contribution >= 0.6 is 0 Å². The molecular weight excluding hydrogens is 508 g/mol. The summed E-state index contributed by atoms with van der Waals surface area (Å²) in [5.41, 5.74) is 0.0868. The summed E-state index contributed by atoms with van der Waals surface area (Å²) in [7, 11) is 1.51. The number of ether oxygens (including phenoxy) is 1. The Morgan fingerprint density at radius 1 is 1.10 bits per heavy atom. The number of fused-ring (bicyclic) bond motifs is 1. The summed E-state index contributed by atoms with van der Waals surface area (Å²) in [6.45, 7) is 2.17. The Bertz CT molecular complexity index is 1330. The number of rotatable bonds is 9. The molecule has 1 aliphatic heterocycles. The predicted molar refractivity (Wildman–Crippen MR) is 142 cm³/mol. The molecule has 2 N–H and O–H groups in total. The minimum absolute atomic E-state index is 0.0137. The van der Waals surface area contributed by atoms with Gasteiger partial charge in [0.2, 0.25) is 11.8 Å². The van der Waals surface area contributed by atoms with Gasteiger partial charge in [0.25, 0.3) is 0 Å². The topological polar surface area (TPSA) is 104 Å². The second kappa shape index (κ2) is 13.1. The number of likely N-dealkylation sites (N-methyl/N-ethyl adjacent to an activating group) is 1. The van der Waals surface area contributed by atoms with Crippen LogP contribution in [0, 0.1) is 11.6 Å². The molecule has 4 rings (SSSR count). The molecular formula is C28H31F2N5O4. The zero-order valence-electron chi connectivity index (χ0n) is 21.7. The Labute approximate surface area is 225 Å². The monoisotopic (exact) mass is 539 g/mol. The summed E-state index contributed by atoms with van der Waals surface area (Å²) in [6, 6.07) is 12.3. The molecule has 1 atom stereocenters. The van der Waals surface area contributed by atoms with Crippen LogP contribution in [0.3, 0.4) is 0 Å². The third-order valence-corrected chi connectivity index (χ3v) is 6.73. The second-order valence-corrected chi connectivity index (χ2v) is 9.35. The van der Waals surface area contributed by atoms with Gasteiger partial charge < -0.3 is 19.9 Å². The molecule has 11 heteroatoms. The quantitative estimate of drug-likeness (QED) is 0.432. The average Bonchev–Trinajstić information content (AvgIpc) is 2.95. The maximum Gasteiger partial charge on any atom is 0.412 e. The van der Waals surface area contributed by atoms with Crippen molar-refractivity contribution in [3.05, 3.63) is 71.9 Å². The molecule has 1 aliphatic rings. The fourth-order valence-electron chi connectivity index (χ4n) is 4.38. The van der Waals surface area contributed by atoms with Gasteiger partial charge in [0.15, 0.2) is 11.6 Å². The first kappa shape index (κ1) is 27.9. The summed E-state index contributed by atoms with van der Waals surface area (Å²) < 4.78 is 33.0. The van der Waals surface area contributed by atoms with Gasteiger partial charge in [-0.1, -0.05) is 36.4 Å². The van der Waals surface area contributed by atoms with Crippen LogP contribution in [-0.4, -0.2) is 78.6 Å². The minimum atomic E-state index is -0.985. The summed E-state index contributed by atoms with van der Waals surface area (Å²) in [4.78, 5) is 45.7. The Balaban J connectivity index is 1.39. The number of halogens is 2. The van der Waals surface area contributed by atoms with Crippen molar-refractivity contribution >= 4 is 34.5 Å². The van der Waals surface area contributed by atoms with Crippen molar-refractivity contribution in [3.63, 3.8) is 0 Å². The fraction of sp³-hybridized carbons (Fsp3) is 0.357. The molecule has 0 spiro atoms. The largest absolute Gasteiger partial charge is 0.447 e. The SMILES string of the molecule is CN(C(=O)CCc1cccc(F)c1F)[C@H](COC(=O)Nc1cc2ccccc2cn1)CC(=O)N1CCNCC1. The van der Waals surface area contributed by atoms with Gasteiger partial charge in [-0.05, 0) is 29.5 Å².